The van der Waals surface area contributed by atoms with Crippen LogP contribution < -0.4 is 20.2 Å². The Hall–Kier alpha value is -2.57. The maximum Gasteiger partial charge on any atom is 0.259 e. The minimum atomic E-state index is -0.392. The van der Waals surface area contributed by atoms with Crippen LogP contribution in [0, 0.1) is 5.41 Å². The van der Waals surface area contributed by atoms with Gasteiger partial charge in [-0.2, -0.15) is 5.10 Å². The molecule has 0 aliphatic carbocycles. The summed E-state index contributed by atoms with van der Waals surface area (Å²) in [6.45, 7) is 6.68. The second kappa shape index (κ2) is 7.13. The monoisotopic (exact) mass is 319 g/mol. The molecular formula is C16H21N3O4. The number of rotatable bonds is 4. The third-order valence-electron chi connectivity index (χ3n) is 2.85. The number of carbonyl (C=O) groups is 2. The smallest absolute Gasteiger partial charge is 0.259 e. The van der Waals surface area contributed by atoms with Gasteiger partial charge in [0.25, 0.3) is 11.8 Å². The fourth-order valence-electron chi connectivity index (χ4n) is 1.78. The topological polar surface area (TPSA) is 89.0 Å². The van der Waals surface area contributed by atoms with E-state index in [1.165, 1.54) is 0 Å². The highest BCUT2D eigenvalue weighted by Crippen LogP contribution is 2.30. The lowest BCUT2D eigenvalue weighted by molar-refractivity contribution is -0.120. The highest BCUT2D eigenvalue weighted by Gasteiger charge is 2.15. The molecule has 1 heterocycles. The van der Waals surface area contributed by atoms with Crippen molar-refractivity contribution in [3.05, 3.63) is 23.8 Å². The van der Waals surface area contributed by atoms with E-state index >= 15 is 0 Å². The lowest BCUT2D eigenvalue weighted by Gasteiger charge is -2.18. The molecule has 2 amide bonds. The number of nitrogens with zero attached hydrogens (tertiary/aromatic N) is 1. The number of nitrogens with one attached hydrogen (secondary N) is 2. The summed E-state index contributed by atoms with van der Waals surface area (Å²) in [6.07, 6.45) is 1.63. The van der Waals surface area contributed by atoms with Crippen LogP contribution in [0.5, 0.6) is 11.5 Å². The molecular weight excluding hydrogens is 298 g/mol. The van der Waals surface area contributed by atoms with Crippen molar-refractivity contribution in [1.29, 1.82) is 0 Å². The minimum absolute atomic E-state index is 0.123. The molecule has 2 rings (SSSR count). The Labute approximate surface area is 135 Å². The first-order valence-corrected chi connectivity index (χ1v) is 7.36. The maximum atomic E-state index is 12.0. The van der Waals surface area contributed by atoms with E-state index < -0.39 is 5.91 Å². The van der Waals surface area contributed by atoms with Gasteiger partial charge in [0.15, 0.2) is 11.5 Å². The number of hydrogen-bond donors (Lipinski definition) is 2. The van der Waals surface area contributed by atoms with Crippen LogP contribution in [-0.4, -0.2) is 37.8 Å². The van der Waals surface area contributed by atoms with E-state index in [4.69, 9.17) is 9.47 Å². The van der Waals surface area contributed by atoms with Gasteiger partial charge in [0, 0.05) is 11.8 Å². The number of benzene rings is 1. The molecule has 0 saturated heterocycles. The number of hydrogen-bond acceptors (Lipinski definition) is 5. The lowest BCUT2D eigenvalue weighted by atomic mass is 9.99. The van der Waals surface area contributed by atoms with Crippen molar-refractivity contribution in [2.24, 2.45) is 10.5 Å². The minimum Gasteiger partial charge on any atom is -0.486 e. The molecule has 1 aliphatic rings. The van der Waals surface area contributed by atoms with Gasteiger partial charge in [-0.15, -0.1) is 0 Å². The number of ether oxygens (including phenoxy) is 2. The molecule has 1 aromatic carbocycles. The molecule has 2 N–H and O–H groups in total. The Morgan fingerprint density at radius 1 is 1.22 bits per heavy atom. The fraction of sp³-hybridized carbons (Fsp3) is 0.438. The Morgan fingerprint density at radius 3 is 2.61 bits per heavy atom. The number of fused-ring (bicyclic) bond motifs is 1. The molecule has 0 atom stereocenters. The first-order chi connectivity index (χ1) is 10.8. The highest BCUT2D eigenvalue weighted by atomic mass is 16.6. The Morgan fingerprint density at radius 2 is 1.91 bits per heavy atom. The van der Waals surface area contributed by atoms with Gasteiger partial charge in [-0.05, 0) is 23.6 Å². The summed E-state index contributed by atoms with van der Waals surface area (Å²) in [6, 6.07) is 4.90. The average molecular weight is 319 g/mol. The standard InChI is InChI=1S/C16H21N3O4/c1-16(2,3)10-18-19-14(20)9-17-15(21)11-4-5-12-13(8-11)23-7-6-22-12/h4-5,8,10H,6-7,9H2,1-3H3,(H,17,21)(H,19,20)/b18-10-. The Bertz CT molecular complexity index is 620. The van der Waals surface area contributed by atoms with Gasteiger partial charge in [-0.3, -0.25) is 9.59 Å². The zero-order valence-electron chi connectivity index (χ0n) is 13.5. The summed E-state index contributed by atoms with van der Waals surface area (Å²) in [5.74, 6) is 0.388. The van der Waals surface area contributed by atoms with E-state index in [9.17, 15) is 9.59 Å². The van der Waals surface area contributed by atoms with Crippen molar-refractivity contribution in [2.75, 3.05) is 19.8 Å². The number of hydrazone groups is 1. The van der Waals surface area contributed by atoms with Crippen molar-refractivity contribution in [2.45, 2.75) is 20.8 Å². The number of amides is 2. The molecule has 7 heteroatoms. The summed E-state index contributed by atoms with van der Waals surface area (Å²) < 4.78 is 10.8. The zero-order chi connectivity index (χ0) is 16.9. The van der Waals surface area contributed by atoms with Crippen molar-refractivity contribution in [3.8, 4) is 11.5 Å². The summed E-state index contributed by atoms with van der Waals surface area (Å²) in [7, 11) is 0. The van der Waals surface area contributed by atoms with E-state index in [1.807, 2.05) is 20.8 Å². The zero-order valence-corrected chi connectivity index (χ0v) is 13.5. The van der Waals surface area contributed by atoms with E-state index in [-0.39, 0.29) is 17.9 Å². The molecule has 1 aromatic rings. The highest BCUT2D eigenvalue weighted by molar-refractivity contribution is 5.97. The lowest BCUT2D eigenvalue weighted by Crippen LogP contribution is -2.35. The summed E-state index contributed by atoms with van der Waals surface area (Å²) >= 11 is 0. The fourth-order valence-corrected chi connectivity index (χ4v) is 1.78. The van der Waals surface area contributed by atoms with E-state index in [2.05, 4.69) is 15.8 Å². The predicted molar refractivity (Wildman–Crippen MR) is 85.9 cm³/mol. The van der Waals surface area contributed by atoms with Crippen LogP contribution in [0.25, 0.3) is 0 Å². The third kappa shape index (κ3) is 5.28. The summed E-state index contributed by atoms with van der Waals surface area (Å²) in [4.78, 5) is 23.7. The van der Waals surface area contributed by atoms with Gasteiger partial charge in [0.2, 0.25) is 0 Å². The van der Waals surface area contributed by atoms with Gasteiger partial charge in [-0.25, -0.2) is 5.43 Å². The molecule has 0 radical (unpaired) electrons. The molecule has 124 valence electrons. The Balaban J connectivity index is 1.85. The Kier molecular flexibility index (Phi) is 5.20. The van der Waals surface area contributed by atoms with Crippen LogP contribution in [0.4, 0.5) is 0 Å². The van der Waals surface area contributed by atoms with E-state index in [0.717, 1.165) is 0 Å². The van der Waals surface area contributed by atoms with Crippen LogP contribution in [-0.2, 0) is 4.79 Å². The van der Waals surface area contributed by atoms with Crippen LogP contribution in [0.1, 0.15) is 31.1 Å². The van der Waals surface area contributed by atoms with Crippen LogP contribution in [0.3, 0.4) is 0 Å². The molecule has 0 saturated carbocycles. The van der Waals surface area contributed by atoms with Gasteiger partial charge in [-0.1, -0.05) is 20.8 Å². The van der Waals surface area contributed by atoms with Gasteiger partial charge >= 0.3 is 0 Å². The molecule has 0 spiro atoms. The average Bonchev–Trinajstić information content (AvgIpc) is 2.51. The van der Waals surface area contributed by atoms with Crippen LogP contribution in [0.15, 0.2) is 23.3 Å². The first kappa shape index (κ1) is 16.8. The number of carbonyl (C=O) groups excluding carboxylic acids is 2. The van der Waals surface area contributed by atoms with Gasteiger partial charge in [0.1, 0.15) is 13.2 Å². The molecule has 0 fully saturated rings. The molecule has 23 heavy (non-hydrogen) atoms. The van der Waals surface area contributed by atoms with Crippen LogP contribution in [0.2, 0.25) is 0 Å². The summed E-state index contributed by atoms with van der Waals surface area (Å²) in [5, 5.41) is 6.37. The molecule has 0 aromatic heterocycles. The molecule has 0 unspecified atom stereocenters. The molecule has 7 nitrogen and oxygen atoms in total. The SMILES string of the molecule is CC(C)(C)/C=N\NC(=O)CNC(=O)c1ccc2c(c1)OCCO2. The second-order valence-electron chi connectivity index (χ2n) is 6.20. The maximum absolute atomic E-state index is 12.0. The molecule has 0 bridgehead atoms. The molecule has 1 aliphatic heterocycles. The quantitative estimate of drug-likeness (QED) is 0.647. The van der Waals surface area contributed by atoms with Crippen molar-refractivity contribution >= 4 is 18.0 Å². The largest absolute Gasteiger partial charge is 0.486 e. The first-order valence-electron chi connectivity index (χ1n) is 7.36. The predicted octanol–water partition coefficient (Wildman–Crippen LogP) is 1.34. The summed E-state index contributed by atoms with van der Waals surface area (Å²) in [5.41, 5.74) is 2.65. The van der Waals surface area contributed by atoms with E-state index in [1.54, 1.807) is 24.4 Å². The second-order valence-corrected chi connectivity index (χ2v) is 6.20. The van der Waals surface area contributed by atoms with Crippen LogP contribution >= 0.6 is 0 Å². The van der Waals surface area contributed by atoms with Crippen molar-refractivity contribution in [1.82, 2.24) is 10.7 Å². The normalized spacial score (nSPS) is 13.7. The third-order valence-corrected chi connectivity index (χ3v) is 2.85. The van der Waals surface area contributed by atoms with Crippen molar-refractivity contribution < 1.29 is 19.1 Å². The van der Waals surface area contributed by atoms with Gasteiger partial charge in [0.05, 0.1) is 6.54 Å². The van der Waals surface area contributed by atoms with Gasteiger partial charge < -0.3 is 14.8 Å². The van der Waals surface area contributed by atoms with Crippen molar-refractivity contribution in [3.63, 3.8) is 0 Å². The van der Waals surface area contributed by atoms with E-state index in [0.29, 0.717) is 30.3 Å².